The Hall–Kier alpha value is -1.18. The second-order valence-corrected chi connectivity index (χ2v) is 6.55. The van der Waals surface area contributed by atoms with Gasteiger partial charge in [-0.05, 0) is 18.2 Å². The molecule has 0 spiro atoms. The molecular weight excluding hydrogens is 320 g/mol. The van der Waals surface area contributed by atoms with Crippen LogP contribution >= 0.6 is 35.1 Å². The first kappa shape index (κ1) is 15.2. The molecule has 0 fully saturated rings. The number of carbonyl (C=O) groups is 2. The number of carboxylic acids is 1. The molecule has 2 rings (SSSR count). The van der Waals surface area contributed by atoms with E-state index in [-0.39, 0.29) is 22.2 Å². The third-order valence-electron chi connectivity index (χ3n) is 2.36. The highest BCUT2D eigenvalue weighted by Gasteiger charge is 2.13. The minimum atomic E-state index is -1.13. The number of aliphatic imine (C=N–C) groups is 1. The predicted octanol–water partition coefficient (Wildman–Crippen LogP) is 2.81. The van der Waals surface area contributed by atoms with Crippen LogP contribution in [-0.2, 0) is 4.79 Å². The number of carboxylic acid groups (broad SMARTS) is 1. The summed E-state index contributed by atoms with van der Waals surface area (Å²) < 4.78 is 0.919. The molecule has 106 valence electrons. The maximum atomic E-state index is 11.8. The van der Waals surface area contributed by atoms with Crippen molar-refractivity contribution in [1.29, 1.82) is 0 Å². The van der Waals surface area contributed by atoms with Crippen LogP contribution < -0.4 is 5.32 Å². The molecule has 0 atom stereocenters. The summed E-state index contributed by atoms with van der Waals surface area (Å²) in [5.74, 6) is -0.124. The molecule has 0 aromatic heterocycles. The Morgan fingerprint density at radius 2 is 2.30 bits per heavy atom. The Bertz CT molecular complexity index is 578. The number of anilines is 1. The predicted molar refractivity (Wildman–Crippen MR) is 84.3 cm³/mol. The lowest BCUT2D eigenvalue weighted by Gasteiger charge is -2.07. The zero-order valence-electron chi connectivity index (χ0n) is 10.3. The van der Waals surface area contributed by atoms with E-state index in [0.717, 1.165) is 16.7 Å². The van der Waals surface area contributed by atoms with Gasteiger partial charge in [-0.2, -0.15) is 0 Å². The smallest absolute Gasteiger partial charge is 0.337 e. The number of hydrogen-bond donors (Lipinski definition) is 2. The van der Waals surface area contributed by atoms with Crippen molar-refractivity contribution >= 4 is 57.1 Å². The van der Waals surface area contributed by atoms with Gasteiger partial charge in [0.2, 0.25) is 5.91 Å². The van der Waals surface area contributed by atoms with Gasteiger partial charge >= 0.3 is 5.97 Å². The van der Waals surface area contributed by atoms with Crippen LogP contribution in [0.4, 0.5) is 5.69 Å². The number of rotatable bonds is 4. The maximum absolute atomic E-state index is 11.8. The summed E-state index contributed by atoms with van der Waals surface area (Å²) >= 11 is 8.78. The van der Waals surface area contributed by atoms with E-state index >= 15 is 0 Å². The molecule has 1 aliphatic rings. The van der Waals surface area contributed by atoms with E-state index < -0.39 is 5.97 Å². The molecule has 1 amide bonds. The monoisotopic (exact) mass is 330 g/mol. The third-order valence-corrected chi connectivity index (χ3v) is 4.95. The van der Waals surface area contributed by atoms with Crippen molar-refractivity contribution in [2.24, 2.45) is 4.99 Å². The molecule has 20 heavy (non-hydrogen) atoms. The zero-order chi connectivity index (χ0) is 14.5. The molecule has 2 N–H and O–H groups in total. The summed E-state index contributed by atoms with van der Waals surface area (Å²) in [5, 5.41) is 11.7. The van der Waals surface area contributed by atoms with Crippen LogP contribution in [0.15, 0.2) is 23.2 Å². The van der Waals surface area contributed by atoms with Gasteiger partial charge in [-0.15, -0.1) is 0 Å². The van der Waals surface area contributed by atoms with Gasteiger partial charge in [-0.1, -0.05) is 35.1 Å². The maximum Gasteiger partial charge on any atom is 0.337 e. The van der Waals surface area contributed by atoms with Crippen LogP contribution in [-0.4, -0.2) is 39.4 Å². The number of hydrogen-bond acceptors (Lipinski definition) is 5. The molecule has 1 aliphatic heterocycles. The van der Waals surface area contributed by atoms with Crippen LogP contribution in [0.3, 0.4) is 0 Å². The summed E-state index contributed by atoms with van der Waals surface area (Å²) in [7, 11) is 0. The van der Waals surface area contributed by atoms with E-state index in [0.29, 0.717) is 5.69 Å². The molecule has 5 nitrogen and oxygen atoms in total. The highest BCUT2D eigenvalue weighted by Crippen LogP contribution is 2.23. The fraction of sp³-hybridized carbons (Fsp3) is 0.250. The lowest BCUT2D eigenvalue weighted by molar-refractivity contribution is -0.113. The molecule has 0 saturated heterocycles. The van der Waals surface area contributed by atoms with Crippen molar-refractivity contribution in [3.63, 3.8) is 0 Å². The number of halogens is 1. The first-order valence-electron chi connectivity index (χ1n) is 5.69. The second-order valence-electron chi connectivity index (χ2n) is 3.83. The lowest BCUT2D eigenvalue weighted by Crippen LogP contribution is -2.15. The van der Waals surface area contributed by atoms with Gasteiger partial charge in [-0.3, -0.25) is 9.79 Å². The molecule has 1 aromatic rings. The Kier molecular flexibility index (Phi) is 5.33. The van der Waals surface area contributed by atoms with Gasteiger partial charge in [0.1, 0.15) is 4.38 Å². The minimum Gasteiger partial charge on any atom is -0.478 e. The fourth-order valence-electron chi connectivity index (χ4n) is 1.49. The molecule has 1 heterocycles. The highest BCUT2D eigenvalue weighted by atomic mass is 35.5. The van der Waals surface area contributed by atoms with Crippen molar-refractivity contribution in [3.8, 4) is 0 Å². The van der Waals surface area contributed by atoms with Gasteiger partial charge in [0.25, 0.3) is 0 Å². The number of benzene rings is 1. The van der Waals surface area contributed by atoms with Gasteiger partial charge < -0.3 is 10.4 Å². The second kappa shape index (κ2) is 7.01. The topological polar surface area (TPSA) is 78.8 Å². The quantitative estimate of drug-likeness (QED) is 0.887. The van der Waals surface area contributed by atoms with E-state index in [1.807, 2.05) is 0 Å². The number of thioether (sulfide) groups is 2. The summed E-state index contributed by atoms with van der Waals surface area (Å²) in [6.45, 7) is 0.799. The van der Waals surface area contributed by atoms with E-state index in [1.54, 1.807) is 17.8 Å². The Morgan fingerprint density at radius 1 is 1.50 bits per heavy atom. The Morgan fingerprint density at radius 3 is 2.95 bits per heavy atom. The van der Waals surface area contributed by atoms with Crippen LogP contribution in [0.1, 0.15) is 10.4 Å². The average Bonchev–Trinajstić information content (AvgIpc) is 2.91. The van der Waals surface area contributed by atoms with Crippen molar-refractivity contribution in [2.75, 3.05) is 23.4 Å². The molecule has 0 aliphatic carbocycles. The van der Waals surface area contributed by atoms with Crippen molar-refractivity contribution < 1.29 is 14.7 Å². The zero-order valence-corrected chi connectivity index (χ0v) is 12.6. The van der Waals surface area contributed by atoms with Crippen LogP contribution in [0.5, 0.6) is 0 Å². The number of aromatic carboxylic acids is 1. The third kappa shape index (κ3) is 4.16. The molecule has 0 radical (unpaired) electrons. The lowest BCUT2D eigenvalue weighted by atomic mass is 10.2. The Balaban J connectivity index is 1.93. The fourth-order valence-corrected chi connectivity index (χ4v) is 3.50. The van der Waals surface area contributed by atoms with Crippen LogP contribution in [0.25, 0.3) is 0 Å². The van der Waals surface area contributed by atoms with E-state index in [4.69, 9.17) is 16.7 Å². The van der Waals surface area contributed by atoms with Crippen molar-refractivity contribution in [3.05, 3.63) is 28.8 Å². The number of nitrogens with one attached hydrogen (secondary N) is 1. The summed E-state index contributed by atoms with van der Waals surface area (Å²) in [5.41, 5.74) is 0.381. The molecule has 0 unspecified atom stereocenters. The molecule has 0 bridgehead atoms. The van der Waals surface area contributed by atoms with Crippen molar-refractivity contribution in [2.45, 2.75) is 0 Å². The first-order valence-corrected chi connectivity index (χ1v) is 8.04. The number of amides is 1. The van der Waals surface area contributed by atoms with Gasteiger partial charge in [-0.25, -0.2) is 4.79 Å². The van der Waals surface area contributed by atoms with E-state index in [9.17, 15) is 9.59 Å². The average molecular weight is 331 g/mol. The first-order chi connectivity index (χ1) is 9.56. The SMILES string of the molecule is O=C(CSC1=NCCS1)Nc1ccc(Cl)c(C(=O)O)c1. The van der Waals surface area contributed by atoms with Crippen molar-refractivity contribution in [1.82, 2.24) is 0 Å². The highest BCUT2D eigenvalue weighted by molar-refractivity contribution is 8.39. The number of nitrogens with zero attached hydrogens (tertiary/aromatic N) is 1. The molecule has 0 saturated carbocycles. The minimum absolute atomic E-state index is 0.0344. The molecular formula is C12H11ClN2O3S2. The number of carbonyl (C=O) groups excluding carboxylic acids is 1. The van der Waals surface area contributed by atoms with E-state index in [1.165, 1.54) is 23.9 Å². The van der Waals surface area contributed by atoms with Gasteiger partial charge in [0.15, 0.2) is 0 Å². The van der Waals surface area contributed by atoms with E-state index in [2.05, 4.69) is 10.3 Å². The summed E-state index contributed by atoms with van der Waals surface area (Å²) in [6, 6.07) is 4.36. The Labute approximate surface area is 129 Å². The molecule has 8 heteroatoms. The van der Waals surface area contributed by atoms with Gasteiger partial charge in [0.05, 0.1) is 22.9 Å². The summed E-state index contributed by atoms with van der Waals surface area (Å²) in [4.78, 5) is 26.9. The van der Waals surface area contributed by atoms with Crippen LogP contribution in [0.2, 0.25) is 5.02 Å². The normalized spacial score (nSPS) is 13.9. The van der Waals surface area contributed by atoms with Gasteiger partial charge in [0, 0.05) is 11.4 Å². The largest absolute Gasteiger partial charge is 0.478 e. The summed E-state index contributed by atoms with van der Waals surface area (Å²) in [6.07, 6.45) is 0. The standard InChI is InChI=1S/C12H11ClN2O3S2/c13-9-2-1-7(5-8(9)11(17)18)15-10(16)6-20-12-14-3-4-19-12/h1-2,5H,3-4,6H2,(H,15,16)(H,17,18). The molecule has 1 aromatic carbocycles. The van der Waals surface area contributed by atoms with Crippen LogP contribution in [0, 0.1) is 0 Å².